The predicted molar refractivity (Wildman–Crippen MR) is 57.4 cm³/mol. The number of nitrogens with one attached hydrogen (secondary N) is 2. The van der Waals surface area contributed by atoms with Crippen LogP contribution in [0.3, 0.4) is 0 Å². The minimum Gasteiger partial charge on any atom is -0.370 e. The van der Waals surface area contributed by atoms with E-state index in [0.717, 1.165) is 0 Å². The highest BCUT2D eigenvalue weighted by Gasteiger charge is 2.41. The monoisotopic (exact) mass is 267 g/mol. The summed E-state index contributed by atoms with van der Waals surface area (Å²) in [5, 5.41) is 4.88. The molecule has 0 atom stereocenters. The van der Waals surface area contributed by atoms with Crippen LogP contribution in [0.5, 0.6) is 0 Å². The van der Waals surface area contributed by atoms with Crippen LogP contribution in [-0.2, 0) is 9.59 Å². The van der Waals surface area contributed by atoms with Crippen molar-refractivity contribution < 1.29 is 22.8 Å². The summed E-state index contributed by atoms with van der Waals surface area (Å²) < 4.78 is 36.2. The topological polar surface area (TPSA) is 84.2 Å². The Morgan fingerprint density at radius 1 is 1.28 bits per heavy atom. The fraction of sp³-hybridized carbons (Fsp3) is 0.800. The first-order valence-electron chi connectivity index (χ1n) is 5.59. The van der Waals surface area contributed by atoms with Crippen LogP contribution < -0.4 is 16.4 Å². The number of hydrogen-bond acceptors (Lipinski definition) is 3. The number of nitrogens with two attached hydrogens (primary N) is 1. The minimum absolute atomic E-state index is 0.0210. The predicted octanol–water partition coefficient (Wildman–Crippen LogP) is -0.0899. The Morgan fingerprint density at radius 2 is 1.83 bits per heavy atom. The molecule has 0 unspecified atom stereocenters. The normalized spacial score (nSPS) is 19.3. The summed E-state index contributed by atoms with van der Waals surface area (Å²) in [6.07, 6.45) is -3.91. The lowest BCUT2D eigenvalue weighted by molar-refractivity contribution is -0.174. The van der Waals surface area contributed by atoms with E-state index in [1.165, 1.54) is 0 Å². The highest BCUT2D eigenvalue weighted by atomic mass is 19.4. The van der Waals surface area contributed by atoms with Gasteiger partial charge in [-0.1, -0.05) is 0 Å². The molecule has 5 nitrogen and oxygen atoms in total. The third-order valence-corrected chi connectivity index (χ3v) is 3.09. The van der Waals surface area contributed by atoms with Gasteiger partial charge < -0.3 is 16.4 Å². The zero-order chi connectivity index (χ0) is 13.8. The molecule has 0 saturated carbocycles. The summed E-state index contributed by atoms with van der Waals surface area (Å²) in [4.78, 5) is 21.7. The largest absolute Gasteiger partial charge is 0.471 e. The maximum absolute atomic E-state index is 12.1. The summed E-state index contributed by atoms with van der Waals surface area (Å²) in [5.74, 6) is -2.55. The van der Waals surface area contributed by atoms with Gasteiger partial charge in [-0.05, 0) is 31.3 Å². The smallest absolute Gasteiger partial charge is 0.370 e. The number of amides is 2. The number of carbonyl (C=O) groups is 2. The van der Waals surface area contributed by atoms with Crippen molar-refractivity contribution in [2.45, 2.75) is 25.4 Å². The Labute approximate surface area is 102 Å². The van der Waals surface area contributed by atoms with E-state index in [1.54, 1.807) is 0 Å². The Kier molecular flexibility index (Phi) is 4.55. The van der Waals surface area contributed by atoms with Crippen molar-refractivity contribution >= 4 is 11.8 Å². The molecule has 0 bridgehead atoms. The molecule has 1 aliphatic rings. The van der Waals surface area contributed by atoms with Gasteiger partial charge in [-0.3, -0.25) is 9.59 Å². The van der Waals surface area contributed by atoms with E-state index in [0.29, 0.717) is 25.9 Å². The second kappa shape index (κ2) is 5.55. The molecule has 0 aliphatic carbocycles. The van der Waals surface area contributed by atoms with Gasteiger partial charge >= 0.3 is 12.1 Å². The molecule has 1 saturated heterocycles. The van der Waals surface area contributed by atoms with Crippen molar-refractivity contribution in [3.05, 3.63) is 0 Å². The van der Waals surface area contributed by atoms with Crippen LogP contribution >= 0.6 is 0 Å². The van der Waals surface area contributed by atoms with Gasteiger partial charge in [-0.15, -0.1) is 0 Å². The third-order valence-electron chi connectivity index (χ3n) is 3.09. The lowest BCUT2D eigenvalue weighted by Gasteiger charge is -2.37. The van der Waals surface area contributed by atoms with E-state index in [4.69, 9.17) is 5.73 Å². The maximum Gasteiger partial charge on any atom is 0.471 e. The zero-order valence-electron chi connectivity index (χ0n) is 9.77. The molecule has 1 fully saturated rings. The Hall–Kier alpha value is -1.31. The second-order valence-corrected chi connectivity index (χ2v) is 4.57. The molecule has 18 heavy (non-hydrogen) atoms. The third kappa shape index (κ3) is 4.17. The van der Waals surface area contributed by atoms with Crippen LogP contribution in [0.25, 0.3) is 0 Å². The first kappa shape index (κ1) is 14.7. The first-order valence-corrected chi connectivity index (χ1v) is 5.59. The van der Waals surface area contributed by atoms with Crippen LogP contribution in [0.1, 0.15) is 19.3 Å². The molecule has 1 heterocycles. The highest BCUT2D eigenvalue weighted by Crippen LogP contribution is 2.32. The van der Waals surface area contributed by atoms with Crippen LogP contribution in [-0.4, -0.2) is 37.6 Å². The highest BCUT2D eigenvalue weighted by molar-refractivity contribution is 5.81. The van der Waals surface area contributed by atoms with Gasteiger partial charge in [0.1, 0.15) is 0 Å². The minimum atomic E-state index is -4.90. The number of primary amides is 1. The molecular formula is C10H16F3N3O2. The molecule has 0 aromatic rings. The first-order chi connectivity index (χ1) is 8.25. The SMILES string of the molecule is NC(=O)CC1(CNC(=O)C(F)(F)F)CCNCC1. The van der Waals surface area contributed by atoms with Gasteiger partial charge in [0.05, 0.1) is 0 Å². The Balaban J connectivity index is 2.62. The van der Waals surface area contributed by atoms with Gasteiger partial charge in [-0.25, -0.2) is 0 Å². The van der Waals surface area contributed by atoms with Crippen LogP contribution in [0.15, 0.2) is 0 Å². The van der Waals surface area contributed by atoms with Gasteiger partial charge in [0.2, 0.25) is 5.91 Å². The van der Waals surface area contributed by atoms with Crippen LogP contribution in [0.4, 0.5) is 13.2 Å². The average molecular weight is 267 g/mol. The van der Waals surface area contributed by atoms with E-state index < -0.39 is 23.4 Å². The Morgan fingerprint density at radius 3 is 2.28 bits per heavy atom. The zero-order valence-corrected chi connectivity index (χ0v) is 9.77. The van der Waals surface area contributed by atoms with E-state index >= 15 is 0 Å². The molecule has 2 amide bonds. The summed E-state index contributed by atoms with van der Waals surface area (Å²) in [6.45, 7) is 1.00. The van der Waals surface area contributed by atoms with Crippen LogP contribution in [0.2, 0.25) is 0 Å². The second-order valence-electron chi connectivity index (χ2n) is 4.57. The fourth-order valence-corrected chi connectivity index (χ4v) is 2.11. The Bertz CT molecular complexity index is 325. The van der Waals surface area contributed by atoms with E-state index in [1.807, 2.05) is 5.32 Å². The summed E-state index contributed by atoms with van der Waals surface area (Å²) in [7, 11) is 0. The molecular weight excluding hydrogens is 251 g/mol. The lowest BCUT2D eigenvalue weighted by atomic mass is 9.76. The summed E-state index contributed by atoms with van der Waals surface area (Å²) >= 11 is 0. The van der Waals surface area contributed by atoms with Crippen molar-refractivity contribution in [2.75, 3.05) is 19.6 Å². The number of piperidine rings is 1. The number of alkyl halides is 3. The lowest BCUT2D eigenvalue weighted by Crippen LogP contribution is -2.49. The van der Waals surface area contributed by atoms with Gasteiger partial charge in [0.15, 0.2) is 0 Å². The molecule has 4 N–H and O–H groups in total. The molecule has 0 aromatic heterocycles. The molecule has 1 aliphatic heterocycles. The summed E-state index contributed by atoms with van der Waals surface area (Å²) in [6, 6.07) is 0. The fourth-order valence-electron chi connectivity index (χ4n) is 2.11. The average Bonchev–Trinajstić information content (AvgIpc) is 2.25. The van der Waals surface area contributed by atoms with E-state index in [-0.39, 0.29) is 13.0 Å². The molecule has 104 valence electrons. The van der Waals surface area contributed by atoms with Crippen molar-refractivity contribution in [2.24, 2.45) is 11.1 Å². The van der Waals surface area contributed by atoms with Crippen molar-refractivity contribution in [1.29, 1.82) is 0 Å². The van der Waals surface area contributed by atoms with Crippen LogP contribution in [0, 0.1) is 5.41 Å². The van der Waals surface area contributed by atoms with E-state index in [9.17, 15) is 22.8 Å². The quantitative estimate of drug-likeness (QED) is 0.665. The summed E-state index contributed by atoms with van der Waals surface area (Å²) in [5.41, 5.74) is 4.44. The van der Waals surface area contributed by atoms with E-state index in [2.05, 4.69) is 5.32 Å². The van der Waals surface area contributed by atoms with Gasteiger partial charge in [0.25, 0.3) is 0 Å². The molecule has 1 rings (SSSR count). The van der Waals surface area contributed by atoms with Crippen molar-refractivity contribution in [3.8, 4) is 0 Å². The number of hydrogen-bond donors (Lipinski definition) is 3. The molecule has 0 spiro atoms. The number of halogens is 3. The molecule has 0 radical (unpaired) electrons. The molecule has 0 aromatic carbocycles. The van der Waals surface area contributed by atoms with Gasteiger partial charge in [-0.2, -0.15) is 13.2 Å². The maximum atomic E-state index is 12.1. The van der Waals surface area contributed by atoms with Gasteiger partial charge in [0, 0.05) is 13.0 Å². The van der Waals surface area contributed by atoms with Crippen molar-refractivity contribution in [1.82, 2.24) is 10.6 Å². The molecule has 8 heteroatoms. The van der Waals surface area contributed by atoms with Crippen molar-refractivity contribution in [3.63, 3.8) is 0 Å². The number of rotatable bonds is 4. The number of carbonyl (C=O) groups excluding carboxylic acids is 2. The standard InChI is InChI=1S/C10H16F3N3O2/c11-10(12,13)8(18)16-6-9(5-7(14)17)1-3-15-4-2-9/h15H,1-6H2,(H2,14,17)(H,16,18).